The number of aromatic amines is 1. The van der Waals surface area contributed by atoms with Gasteiger partial charge in [0.05, 0.1) is 26.2 Å². The van der Waals surface area contributed by atoms with E-state index in [1.54, 1.807) is 12.1 Å². The minimum atomic E-state index is -0.366. The van der Waals surface area contributed by atoms with E-state index in [1.807, 2.05) is 11.0 Å². The van der Waals surface area contributed by atoms with Gasteiger partial charge in [-0.25, -0.2) is 4.39 Å². The molecule has 0 aliphatic carbocycles. The molecular formula is C20H21FN3O+. The first-order chi connectivity index (χ1) is 12.2. The first kappa shape index (κ1) is 15.8. The van der Waals surface area contributed by atoms with Gasteiger partial charge in [-0.2, -0.15) is 0 Å². The Morgan fingerprint density at radius 1 is 1.12 bits per heavy atom. The average molecular weight is 338 g/mol. The Morgan fingerprint density at radius 3 is 2.72 bits per heavy atom. The first-order valence-electron chi connectivity index (χ1n) is 8.64. The van der Waals surface area contributed by atoms with Crippen molar-refractivity contribution in [1.29, 1.82) is 0 Å². The zero-order chi connectivity index (χ0) is 17.2. The van der Waals surface area contributed by atoms with E-state index in [0.29, 0.717) is 18.7 Å². The number of benzene rings is 2. The number of carbonyl (C=O) groups excluding carboxylic acids is 1. The third-order valence-electron chi connectivity index (χ3n) is 4.94. The summed E-state index contributed by atoms with van der Waals surface area (Å²) in [6.07, 6.45) is 2.09. The van der Waals surface area contributed by atoms with Crippen LogP contribution in [0.15, 0.2) is 54.7 Å². The van der Waals surface area contributed by atoms with Gasteiger partial charge in [-0.05, 0) is 24.3 Å². The molecule has 1 amide bonds. The molecule has 1 aromatic heterocycles. The Bertz CT molecular complexity index is 897. The number of H-pyrrole nitrogens is 1. The highest BCUT2D eigenvalue weighted by molar-refractivity contribution is 5.94. The Balaban J connectivity index is 1.39. The summed E-state index contributed by atoms with van der Waals surface area (Å²) in [5, 5.41) is 1.27. The van der Waals surface area contributed by atoms with Crippen molar-refractivity contribution >= 4 is 16.8 Å². The quantitative estimate of drug-likeness (QED) is 0.752. The van der Waals surface area contributed by atoms with Crippen LogP contribution in [0.25, 0.3) is 10.9 Å². The average Bonchev–Trinajstić information content (AvgIpc) is 3.05. The molecule has 0 bridgehead atoms. The molecule has 4 nitrogen and oxygen atoms in total. The van der Waals surface area contributed by atoms with Crippen LogP contribution >= 0.6 is 0 Å². The molecule has 1 aliphatic rings. The summed E-state index contributed by atoms with van der Waals surface area (Å²) >= 11 is 0. The minimum absolute atomic E-state index is 0.0781. The number of amides is 1. The minimum Gasteiger partial charge on any atom is -0.361 e. The number of halogens is 1. The van der Waals surface area contributed by atoms with Crippen molar-refractivity contribution in [2.45, 2.75) is 6.54 Å². The summed E-state index contributed by atoms with van der Waals surface area (Å²) in [6.45, 7) is 4.16. The van der Waals surface area contributed by atoms with E-state index in [0.717, 1.165) is 25.2 Å². The first-order valence-corrected chi connectivity index (χ1v) is 8.64. The number of piperazine rings is 1. The fourth-order valence-electron chi connectivity index (χ4n) is 3.55. The molecule has 2 N–H and O–H groups in total. The van der Waals surface area contributed by atoms with Crippen LogP contribution in [-0.4, -0.2) is 42.0 Å². The van der Waals surface area contributed by atoms with E-state index < -0.39 is 0 Å². The Labute approximate surface area is 145 Å². The maximum atomic E-state index is 13.3. The lowest BCUT2D eigenvalue weighted by Crippen LogP contribution is -3.13. The van der Waals surface area contributed by atoms with Crippen molar-refractivity contribution in [3.63, 3.8) is 0 Å². The molecule has 0 atom stereocenters. The zero-order valence-corrected chi connectivity index (χ0v) is 14.0. The molecule has 0 saturated carbocycles. The topological polar surface area (TPSA) is 40.5 Å². The van der Waals surface area contributed by atoms with E-state index in [9.17, 15) is 9.18 Å². The molecule has 2 heterocycles. The third kappa shape index (κ3) is 3.28. The number of nitrogens with zero attached hydrogens (tertiary/aromatic N) is 1. The second kappa shape index (κ2) is 6.69. The van der Waals surface area contributed by atoms with Gasteiger partial charge in [0.1, 0.15) is 12.4 Å². The molecule has 128 valence electrons. The standard InChI is InChI=1S/C20H20FN3O/c21-17-5-3-4-15(12-17)20(25)24-10-8-23(9-11-24)14-16-13-22-19-7-2-1-6-18(16)19/h1-7,12-13,22H,8-11,14H2/p+1. The summed E-state index contributed by atoms with van der Waals surface area (Å²) in [6, 6.07) is 14.3. The predicted molar refractivity (Wildman–Crippen MR) is 95.0 cm³/mol. The van der Waals surface area contributed by atoms with Crippen molar-refractivity contribution < 1.29 is 14.1 Å². The number of aromatic nitrogens is 1. The largest absolute Gasteiger partial charge is 0.361 e. The van der Waals surface area contributed by atoms with Gasteiger partial charge >= 0.3 is 0 Å². The van der Waals surface area contributed by atoms with E-state index in [4.69, 9.17) is 0 Å². The molecule has 5 heteroatoms. The number of para-hydroxylation sites is 1. The summed E-state index contributed by atoms with van der Waals surface area (Å²) in [5.74, 6) is -0.444. The lowest BCUT2D eigenvalue weighted by molar-refractivity contribution is -0.917. The highest BCUT2D eigenvalue weighted by atomic mass is 19.1. The molecule has 25 heavy (non-hydrogen) atoms. The van der Waals surface area contributed by atoms with Crippen LogP contribution in [0.5, 0.6) is 0 Å². The predicted octanol–water partition coefficient (Wildman–Crippen LogP) is 1.85. The highest BCUT2D eigenvalue weighted by Gasteiger charge is 2.25. The number of fused-ring (bicyclic) bond motifs is 1. The second-order valence-electron chi connectivity index (χ2n) is 6.59. The normalized spacial score (nSPS) is 15.6. The molecule has 1 aliphatic heterocycles. The molecule has 4 rings (SSSR count). The Morgan fingerprint density at radius 2 is 1.92 bits per heavy atom. The number of carbonyl (C=O) groups is 1. The lowest BCUT2D eigenvalue weighted by atomic mass is 10.1. The van der Waals surface area contributed by atoms with Crippen molar-refractivity contribution in [2.75, 3.05) is 26.2 Å². The van der Waals surface area contributed by atoms with E-state index in [2.05, 4.69) is 29.4 Å². The van der Waals surface area contributed by atoms with E-state index in [1.165, 1.54) is 28.0 Å². The monoisotopic (exact) mass is 338 g/mol. The lowest BCUT2D eigenvalue weighted by Gasteiger charge is -2.32. The van der Waals surface area contributed by atoms with Crippen molar-refractivity contribution in [3.05, 3.63) is 71.7 Å². The maximum absolute atomic E-state index is 13.3. The number of nitrogens with one attached hydrogen (secondary N) is 2. The summed E-state index contributed by atoms with van der Waals surface area (Å²) < 4.78 is 13.3. The molecule has 0 radical (unpaired) electrons. The smallest absolute Gasteiger partial charge is 0.254 e. The molecular weight excluding hydrogens is 317 g/mol. The van der Waals surface area contributed by atoms with Crippen LogP contribution in [0.2, 0.25) is 0 Å². The number of hydrogen-bond acceptors (Lipinski definition) is 1. The van der Waals surface area contributed by atoms with E-state index >= 15 is 0 Å². The zero-order valence-electron chi connectivity index (χ0n) is 14.0. The molecule has 1 fully saturated rings. The summed E-state index contributed by atoms with van der Waals surface area (Å²) in [5.41, 5.74) is 2.91. The Kier molecular flexibility index (Phi) is 4.24. The SMILES string of the molecule is O=C(c1cccc(F)c1)N1CC[NH+](Cc2c[nH]c3ccccc23)CC1. The maximum Gasteiger partial charge on any atom is 0.254 e. The van der Waals surface area contributed by atoms with Crippen LogP contribution in [0, 0.1) is 5.82 Å². The highest BCUT2D eigenvalue weighted by Crippen LogP contribution is 2.16. The van der Waals surface area contributed by atoms with Crippen molar-refractivity contribution in [2.24, 2.45) is 0 Å². The second-order valence-corrected chi connectivity index (χ2v) is 6.59. The van der Waals surface area contributed by atoms with Gasteiger partial charge in [0.2, 0.25) is 0 Å². The van der Waals surface area contributed by atoms with Gasteiger partial charge in [-0.15, -0.1) is 0 Å². The molecule has 0 spiro atoms. The van der Waals surface area contributed by atoms with Crippen LogP contribution in [0.3, 0.4) is 0 Å². The van der Waals surface area contributed by atoms with Gasteiger partial charge in [0.25, 0.3) is 5.91 Å². The number of quaternary nitrogens is 1. The molecule has 1 saturated heterocycles. The molecule has 2 aromatic carbocycles. The Hall–Kier alpha value is -2.66. The van der Waals surface area contributed by atoms with Crippen LogP contribution in [-0.2, 0) is 6.54 Å². The van der Waals surface area contributed by atoms with Gasteiger partial charge in [0.15, 0.2) is 0 Å². The third-order valence-corrected chi connectivity index (χ3v) is 4.94. The molecule has 0 unspecified atom stereocenters. The van der Waals surface area contributed by atoms with E-state index in [-0.39, 0.29) is 11.7 Å². The fourth-order valence-corrected chi connectivity index (χ4v) is 3.55. The summed E-state index contributed by atoms with van der Waals surface area (Å²) in [4.78, 5) is 19.1. The van der Waals surface area contributed by atoms with Crippen molar-refractivity contribution in [1.82, 2.24) is 9.88 Å². The van der Waals surface area contributed by atoms with Gasteiger partial charge < -0.3 is 14.8 Å². The summed E-state index contributed by atoms with van der Waals surface area (Å²) in [7, 11) is 0. The number of rotatable bonds is 3. The van der Waals surface area contributed by atoms with Gasteiger partial charge in [-0.1, -0.05) is 24.3 Å². The number of hydrogen-bond donors (Lipinski definition) is 2. The van der Waals surface area contributed by atoms with Gasteiger partial charge in [0, 0.05) is 28.2 Å². The van der Waals surface area contributed by atoms with Gasteiger partial charge in [-0.3, -0.25) is 4.79 Å². The van der Waals surface area contributed by atoms with Crippen molar-refractivity contribution in [3.8, 4) is 0 Å². The fraction of sp³-hybridized carbons (Fsp3) is 0.250. The molecule has 3 aromatic rings. The van der Waals surface area contributed by atoms with Crippen LogP contribution < -0.4 is 4.90 Å². The van der Waals surface area contributed by atoms with Crippen LogP contribution in [0.4, 0.5) is 4.39 Å². The van der Waals surface area contributed by atoms with Crippen LogP contribution in [0.1, 0.15) is 15.9 Å².